The normalized spacial score (nSPS) is 14.0. The van der Waals surface area contributed by atoms with E-state index in [-0.39, 0.29) is 12.5 Å². The molecule has 1 amide bonds. The van der Waals surface area contributed by atoms with E-state index in [2.05, 4.69) is 24.3 Å². The first-order chi connectivity index (χ1) is 11.1. The highest BCUT2D eigenvalue weighted by molar-refractivity contribution is 5.95. The summed E-state index contributed by atoms with van der Waals surface area (Å²) in [6.45, 7) is 12.3. The summed E-state index contributed by atoms with van der Waals surface area (Å²) in [6, 6.07) is 1.80. The Hall–Kier alpha value is -2.08. The lowest BCUT2D eigenvalue weighted by atomic mass is 9.96. The van der Waals surface area contributed by atoms with Crippen molar-refractivity contribution in [2.24, 2.45) is 5.92 Å². The molecule has 1 unspecified atom stereocenters. The van der Waals surface area contributed by atoms with Gasteiger partial charge >= 0.3 is 0 Å². The van der Waals surface area contributed by atoms with Gasteiger partial charge in [-0.25, -0.2) is 0 Å². The third-order valence-corrected chi connectivity index (χ3v) is 4.10. The van der Waals surface area contributed by atoms with Gasteiger partial charge in [0, 0.05) is 17.8 Å². The standard InChI is InChI=1S/C18H27N3O3/c1-11(2)9-21-13(4)15(8-20-21)17(22)19-10-18(6,23)16-7-12(3)24-14(16)5/h7-8,11,23H,9-10H2,1-6H3,(H,19,22). The predicted octanol–water partition coefficient (Wildman–Crippen LogP) is 2.69. The zero-order valence-corrected chi connectivity index (χ0v) is 15.3. The summed E-state index contributed by atoms with van der Waals surface area (Å²) in [6.07, 6.45) is 1.58. The zero-order valence-electron chi connectivity index (χ0n) is 15.3. The van der Waals surface area contributed by atoms with Gasteiger partial charge in [0.2, 0.25) is 0 Å². The quantitative estimate of drug-likeness (QED) is 0.852. The van der Waals surface area contributed by atoms with Crippen molar-refractivity contribution >= 4 is 5.91 Å². The second-order valence-corrected chi connectivity index (χ2v) is 7.00. The second kappa shape index (κ2) is 6.81. The minimum atomic E-state index is -1.20. The van der Waals surface area contributed by atoms with Crippen molar-refractivity contribution in [2.45, 2.75) is 53.7 Å². The first kappa shape index (κ1) is 18.3. The summed E-state index contributed by atoms with van der Waals surface area (Å²) in [5.41, 5.74) is 0.856. The number of aromatic nitrogens is 2. The van der Waals surface area contributed by atoms with Crippen LogP contribution in [0.3, 0.4) is 0 Å². The van der Waals surface area contributed by atoms with Crippen molar-refractivity contribution in [3.8, 4) is 0 Å². The molecule has 0 aliphatic carbocycles. The van der Waals surface area contributed by atoms with Gasteiger partial charge in [-0.1, -0.05) is 13.8 Å². The summed E-state index contributed by atoms with van der Waals surface area (Å²) < 4.78 is 7.30. The molecule has 0 aromatic carbocycles. The van der Waals surface area contributed by atoms with Crippen LogP contribution in [0.15, 0.2) is 16.7 Å². The van der Waals surface area contributed by atoms with E-state index < -0.39 is 5.60 Å². The van der Waals surface area contributed by atoms with Gasteiger partial charge in [0.1, 0.15) is 17.1 Å². The number of aryl methyl sites for hydroxylation is 2. The zero-order chi connectivity index (χ0) is 18.1. The van der Waals surface area contributed by atoms with Crippen LogP contribution in [0.5, 0.6) is 0 Å². The van der Waals surface area contributed by atoms with Crippen LogP contribution < -0.4 is 5.32 Å². The van der Waals surface area contributed by atoms with Crippen LogP contribution in [0.25, 0.3) is 0 Å². The molecule has 6 heteroatoms. The fourth-order valence-electron chi connectivity index (χ4n) is 2.81. The lowest BCUT2D eigenvalue weighted by Gasteiger charge is -2.23. The van der Waals surface area contributed by atoms with Gasteiger partial charge in [0.15, 0.2) is 0 Å². The number of furan rings is 1. The minimum Gasteiger partial charge on any atom is -0.466 e. The van der Waals surface area contributed by atoms with Gasteiger partial charge in [-0.05, 0) is 39.7 Å². The Morgan fingerprint density at radius 3 is 2.62 bits per heavy atom. The molecule has 1 atom stereocenters. The molecular formula is C18H27N3O3. The Bertz CT molecular complexity index is 726. The fraction of sp³-hybridized carbons (Fsp3) is 0.556. The number of carbonyl (C=O) groups excluding carboxylic acids is 1. The van der Waals surface area contributed by atoms with Crippen molar-refractivity contribution < 1.29 is 14.3 Å². The maximum absolute atomic E-state index is 12.4. The number of amides is 1. The van der Waals surface area contributed by atoms with Crippen LogP contribution in [0.1, 0.15) is 53.9 Å². The number of carbonyl (C=O) groups is 1. The van der Waals surface area contributed by atoms with Gasteiger partial charge in [-0.3, -0.25) is 9.48 Å². The number of aliphatic hydroxyl groups is 1. The molecule has 0 saturated carbocycles. The molecule has 2 aromatic heterocycles. The van der Waals surface area contributed by atoms with Gasteiger partial charge in [-0.2, -0.15) is 5.10 Å². The van der Waals surface area contributed by atoms with Crippen molar-refractivity contribution in [1.29, 1.82) is 0 Å². The highest BCUT2D eigenvalue weighted by atomic mass is 16.3. The molecule has 0 bridgehead atoms. The SMILES string of the molecule is Cc1cc(C(C)(O)CNC(=O)c2cnn(CC(C)C)c2C)c(C)o1. The Kier molecular flexibility index (Phi) is 5.18. The smallest absolute Gasteiger partial charge is 0.254 e. The topological polar surface area (TPSA) is 80.3 Å². The van der Waals surface area contributed by atoms with Crippen LogP contribution in [-0.2, 0) is 12.1 Å². The third kappa shape index (κ3) is 3.87. The molecule has 2 N–H and O–H groups in total. The molecule has 0 fully saturated rings. The fourth-order valence-corrected chi connectivity index (χ4v) is 2.81. The average Bonchev–Trinajstić information content (AvgIpc) is 3.00. The lowest BCUT2D eigenvalue weighted by molar-refractivity contribution is 0.0513. The van der Waals surface area contributed by atoms with E-state index in [1.165, 1.54) is 0 Å². The molecule has 0 saturated heterocycles. The molecule has 2 heterocycles. The van der Waals surface area contributed by atoms with Crippen LogP contribution in [0.4, 0.5) is 0 Å². The molecule has 0 aliphatic heterocycles. The van der Waals surface area contributed by atoms with E-state index in [0.29, 0.717) is 22.8 Å². The minimum absolute atomic E-state index is 0.0977. The van der Waals surface area contributed by atoms with Crippen LogP contribution >= 0.6 is 0 Å². The molecule has 6 nitrogen and oxygen atoms in total. The maximum Gasteiger partial charge on any atom is 0.254 e. The van der Waals surface area contributed by atoms with Crippen LogP contribution in [0.2, 0.25) is 0 Å². The van der Waals surface area contributed by atoms with Gasteiger partial charge in [-0.15, -0.1) is 0 Å². The lowest BCUT2D eigenvalue weighted by Crippen LogP contribution is -2.39. The van der Waals surface area contributed by atoms with E-state index in [1.807, 2.05) is 18.5 Å². The number of hydrogen-bond donors (Lipinski definition) is 2. The summed E-state index contributed by atoms with van der Waals surface area (Å²) >= 11 is 0. The first-order valence-electron chi connectivity index (χ1n) is 8.22. The predicted molar refractivity (Wildman–Crippen MR) is 91.9 cm³/mol. The molecular weight excluding hydrogens is 306 g/mol. The average molecular weight is 333 g/mol. The molecule has 0 aliphatic rings. The molecule has 2 rings (SSSR count). The molecule has 132 valence electrons. The summed E-state index contributed by atoms with van der Waals surface area (Å²) in [7, 11) is 0. The van der Waals surface area contributed by atoms with Crippen molar-refractivity contribution in [1.82, 2.24) is 15.1 Å². The number of nitrogens with one attached hydrogen (secondary N) is 1. The van der Waals surface area contributed by atoms with Gasteiger partial charge in [0.05, 0.1) is 18.3 Å². The molecule has 24 heavy (non-hydrogen) atoms. The highest BCUT2D eigenvalue weighted by Gasteiger charge is 2.28. The van der Waals surface area contributed by atoms with E-state index >= 15 is 0 Å². The Labute approximate surface area is 142 Å². The number of hydrogen-bond acceptors (Lipinski definition) is 4. The van der Waals surface area contributed by atoms with E-state index in [0.717, 1.165) is 18.0 Å². The van der Waals surface area contributed by atoms with Crippen molar-refractivity contribution in [2.75, 3.05) is 6.54 Å². The number of rotatable bonds is 6. The van der Waals surface area contributed by atoms with Crippen LogP contribution in [-0.4, -0.2) is 27.3 Å². The second-order valence-electron chi connectivity index (χ2n) is 7.00. The monoisotopic (exact) mass is 333 g/mol. The van der Waals surface area contributed by atoms with E-state index in [1.54, 1.807) is 26.1 Å². The Morgan fingerprint density at radius 1 is 1.42 bits per heavy atom. The first-order valence-corrected chi connectivity index (χ1v) is 8.22. The summed E-state index contributed by atoms with van der Waals surface area (Å²) in [5.74, 6) is 1.61. The summed E-state index contributed by atoms with van der Waals surface area (Å²) in [5, 5.41) is 17.7. The van der Waals surface area contributed by atoms with Crippen LogP contribution in [0, 0.1) is 26.7 Å². The van der Waals surface area contributed by atoms with E-state index in [4.69, 9.17) is 4.42 Å². The Morgan fingerprint density at radius 2 is 2.08 bits per heavy atom. The third-order valence-electron chi connectivity index (χ3n) is 4.10. The maximum atomic E-state index is 12.4. The highest BCUT2D eigenvalue weighted by Crippen LogP contribution is 2.26. The molecule has 0 spiro atoms. The van der Waals surface area contributed by atoms with Gasteiger partial charge in [0.25, 0.3) is 5.91 Å². The Balaban J connectivity index is 2.08. The molecule has 2 aromatic rings. The molecule has 0 radical (unpaired) electrons. The summed E-state index contributed by atoms with van der Waals surface area (Å²) in [4.78, 5) is 12.4. The van der Waals surface area contributed by atoms with E-state index in [9.17, 15) is 9.90 Å². The number of nitrogens with zero attached hydrogens (tertiary/aromatic N) is 2. The van der Waals surface area contributed by atoms with Crippen molar-refractivity contribution in [3.05, 3.63) is 40.6 Å². The van der Waals surface area contributed by atoms with Crippen molar-refractivity contribution in [3.63, 3.8) is 0 Å². The van der Waals surface area contributed by atoms with Gasteiger partial charge < -0.3 is 14.8 Å². The largest absolute Gasteiger partial charge is 0.466 e.